The van der Waals surface area contributed by atoms with Crippen LogP contribution < -0.4 is 0 Å². The van der Waals surface area contributed by atoms with Crippen molar-refractivity contribution in [2.75, 3.05) is 0 Å². The Morgan fingerprint density at radius 2 is 1.13 bits per heavy atom. The number of aromatic nitrogens is 2. The zero-order chi connectivity index (χ0) is 35.8. The Labute approximate surface area is 274 Å². The van der Waals surface area contributed by atoms with Crippen LogP contribution in [0.5, 0.6) is 0 Å². The number of hydrogen-bond donors (Lipinski definition) is 0. The van der Waals surface area contributed by atoms with Crippen molar-refractivity contribution in [1.29, 1.82) is 0 Å². The van der Waals surface area contributed by atoms with Gasteiger partial charge in [-0.3, -0.25) is 4.98 Å². The maximum atomic E-state index is 8.99. The summed E-state index contributed by atoms with van der Waals surface area (Å²) < 4.78 is 59.8. The van der Waals surface area contributed by atoms with Crippen molar-refractivity contribution in [3.8, 4) is 43.3 Å². The smallest absolute Gasteiger partial charge is 0.0972 e. The molecule has 0 radical (unpaired) electrons. The zero-order valence-corrected chi connectivity index (χ0v) is 24.6. The maximum absolute atomic E-state index is 8.99. The molecule has 0 amide bonds. The Morgan fingerprint density at radius 1 is 0.467 bits per heavy atom. The van der Waals surface area contributed by atoms with E-state index in [1.807, 2.05) is 36.4 Å². The fourth-order valence-corrected chi connectivity index (χ4v) is 7.14. The summed E-state index contributed by atoms with van der Waals surface area (Å²) in [7, 11) is 0. The van der Waals surface area contributed by atoms with Gasteiger partial charge in [0.05, 0.1) is 26.3 Å². The highest BCUT2D eigenvalue weighted by Gasteiger charge is 2.13. The minimum atomic E-state index is -0.453. The quantitative estimate of drug-likeness (QED) is 0.189. The van der Waals surface area contributed by atoms with Gasteiger partial charge in [-0.15, -0.1) is 11.3 Å². The maximum Gasteiger partial charge on any atom is 0.0972 e. The third kappa shape index (κ3) is 4.40. The molecule has 3 aromatic heterocycles. The van der Waals surface area contributed by atoms with Gasteiger partial charge in [0.2, 0.25) is 0 Å². The van der Waals surface area contributed by atoms with Crippen molar-refractivity contribution in [2.24, 2.45) is 0 Å². The fourth-order valence-electron chi connectivity index (χ4n) is 6.09. The molecule has 0 bridgehead atoms. The molecule has 45 heavy (non-hydrogen) atoms. The van der Waals surface area contributed by atoms with Gasteiger partial charge in [-0.05, 0) is 68.0 Å². The topological polar surface area (TPSA) is 25.8 Å². The third-order valence-electron chi connectivity index (χ3n) is 8.27. The molecule has 6 aromatic carbocycles. The second kappa shape index (κ2) is 10.5. The Balaban J connectivity index is 1.14. The zero-order valence-electron chi connectivity index (χ0n) is 30.8. The normalized spacial score (nSPS) is 13.7. The highest BCUT2D eigenvalue weighted by atomic mass is 32.1. The number of pyridine rings is 2. The molecule has 210 valence electrons. The molecule has 9 aromatic rings. The van der Waals surface area contributed by atoms with Crippen LogP contribution in [0, 0.1) is 0 Å². The van der Waals surface area contributed by atoms with Crippen LogP contribution in [-0.4, -0.2) is 9.97 Å². The highest BCUT2D eigenvalue weighted by Crippen LogP contribution is 2.40. The van der Waals surface area contributed by atoms with Crippen LogP contribution in [0.25, 0.3) is 86.6 Å². The predicted octanol–water partition coefficient (Wildman–Crippen LogP) is 11.8. The molecule has 0 N–H and O–H groups in total. The summed E-state index contributed by atoms with van der Waals surface area (Å²) in [4.78, 5) is 11.4. The molecule has 2 nitrogen and oxygen atoms in total. The van der Waals surface area contributed by atoms with Crippen molar-refractivity contribution in [2.45, 2.75) is 0 Å². The molecule has 0 aliphatic heterocycles. The predicted molar refractivity (Wildman–Crippen MR) is 192 cm³/mol. The van der Waals surface area contributed by atoms with E-state index < -0.39 is 12.2 Å². The average Bonchev–Trinajstić information content (AvgIpc) is 3.67. The van der Waals surface area contributed by atoms with Crippen LogP contribution in [-0.2, 0) is 0 Å². The monoisotopic (exact) mass is 597 g/mol. The fraction of sp³-hybridized carbons (Fsp3) is 0. The van der Waals surface area contributed by atoms with Crippen LogP contribution >= 0.6 is 11.3 Å². The lowest BCUT2D eigenvalue weighted by atomic mass is 9.93. The van der Waals surface area contributed by atoms with Crippen LogP contribution in [0.1, 0.15) is 9.60 Å². The molecule has 0 saturated carbocycles. The van der Waals surface area contributed by atoms with Gasteiger partial charge in [-0.25, -0.2) is 4.98 Å². The first kappa shape index (κ1) is 19.6. The van der Waals surface area contributed by atoms with Gasteiger partial charge in [0, 0.05) is 32.3 Å². The van der Waals surface area contributed by atoms with Crippen LogP contribution in [0.4, 0.5) is 0 Å². The molecule has 0 spiro atoms. The van der Waals surface area contributed by atoms with Gasteiger partial charge >= 0.3 is 0 Å². The number of rotatable bonds is 4. The van der Waals surface area contributed by atoms with Crippen molar-refractivity contribution < 1.29 is 9.60 Å². The van der Waals surface area contributed by atoms with E-state index in [1.54, 1.807) is 11.3 Å². The summed E-state index contributed by atoms with van der Waals surface area (Å²) in [5.41, 5.74) is 5.24. The van der Waals surface area contributed by atoms with Crippen molar-refractivity contribution in [3.05, 3.63) is 158 Å². The van der Waals surface area contributed by atoms with Gasteiger partial charge in [-0.2, -0.15) is 0 Å². The lowest BCUT2D eigenvalue weighted by Gasteiger charge is -2.13. The highest BCUT2D eigenvalue weighted by molar-refractivity contribution is 7.18. The molecule has 0 unspecified atom stereocenters. The van der Waals surface area contributed by atoms with E-state index in [4.69, 9.17) is 14.6 Å². The van der Waals surface area contributed by atoms with E-state index in [9.17, 15) is 0 Å². The molecule has 0 saturated heterocycles. The van der Waals surface area contributed by atoms with E-state index >= 15 is 0 Å². The molecule has 0 aliphatic carbocycles. The Kier molecular flexibility index (Phi) is 4.58. The van der Waals surface area contributed by atoms with E-state index in [-0.39, 0.29) is 57.7 Å². The first-order valence-corrected chi connectivity index (χ1v) is 15.4. The molecular weight excluding hydrogens is 565 g/mol. The van der Waals surface area contributed by atoms with Crippen molar-refractivity contribution in [3.63, 3.8) is 0 Å². The standard InChI is InChI=1S/C42H26N2S/c1-2-10-32-27(7-1)8-5-13-37(32)40-25-24-39(45-40)29-16-14-28(15-17-29)33-21-22-36(35-12-4-3-11-34(33)35)38-23-20-31-19-18-30-9-6-26-43-41(30)42(31)44-38/h1-26H/i6D,9D,18D,19D,20D,23D,26D. The van der Waals surface area contributed by atoms with E-state index in [0.717, 1.165) is 27.5 Å². The van der Waals surface area contributed by atoms with Crippen molar-refractivity contribution in [1.82, 2.24) is 9.97 Å². The second-order valence-electron chi connectivity index (χ2n) is 10.9. The van der Waals surface area contributed by atoms with Crippen LogP contribution in [0.2, 0.25) is 0 Å². The van der Waals surface area contributed by atoms with E-state index in [0.29, 0.717) is 5.56 Å². The first-order valence-electron chi connectivity index (χ1n) is 18.1. The Bertz CT molecular complexity index is 2930. The summed E-state index contributed by atoms with van der Waals surface area (Å²) in [6.45, 7) is 0. The number of thiophene rings is 1. The van der Waals surface area contributed by atoms with E-state index in [1.165, 1.54) is 26.1 Å². The lowest BCUT2D eigenvalue weighted by Crippen LogP contribution is -1.91. The summed E-state index contributed by atoms with van der Waals surface area (Å²) >= 11 is 1.77. The number of benzene rings is 6. The SMILES string of the molecule is [2H]c1nc2c(c([2H])c1[2H])c([2H])c([2H])c1c([2H])c([2H])c(-c3ccc(-c4ccc(-c5ccc(-c6cccc7ccccc67)s5)cc4)c4ccccc34)nc12. The summed E-state index contributed by atoms with van der Waals surface area (Å²) in [5, 5.41) is 4.10. The second-order valence-corrected chi connectivity index (χ2v) is 11.9. The minimum Gasteiger partial charge on any atom is -0.254 e. The van der Waals surface area contributed by atoms with E-state index in [2.05, 4.69) is 83.8 Å². The molecule has 0 atom stereocenters. The van der Waals surface area contributed by atoms with Gasteiger partial charge in [0.15, 0.2) is 0 Å². The van der Waals surface area contributed by atoms with Gasteiger partial charge < -0.3 is 0 Å². The lowest BCUT2D eigenvalue weighted by molar-refractivity contribution is 1.37. The Morgan fingerprint density at radius 3 is 2.00 bits per heavy atom. The molecule has 3 heterocycles. The third-order valence-corrected chi connectivity index (χ3v) is 9.44. The van der Waals surface area contributed by atoms with Crippen LogP contribution in [0.3, 0.4) is 0 Å². The van der Waals surface area contributed by atoms with Crippen LogP contribution in [0.15, 0.2) is 158 Å². The van der Waals surface area contributed by atoms with Gasteiger partial charge in [0.25, 0.3) is 0 Å². The van der Waals surface area contributed by atoms with Crippen molar-refractivity contribution >= 4 is 54.7 Å². The number of fused-ring (bicyclic) bond motifs is 5. The Hall–Kier alpha value is -5.64. The van der Waals surface area contributed by atoms with Gasteiger partial charge in [-0.1, -0.05) is 127 Å². The molecule has 9 rings (SSSR count). The van der Waals surface area contributed by atoms with Gasteiger partial charge in [0.1, 0.15) is 0 Å². The average molecular weight is 598 g/mol. The number of nitrogens with zero attached hydrogens (tertiary/aromatic N) is 2. The largest absolute Gasteiger partial charge is 0.254 e. The molecule has 0 aliphatic rings. The number of hydrogen-bond acceptors (Lipinski definition) is 3. The molecular formula is C42H26N2S. The molecule has 0 fully saturated rings. The summed E-state index contributed by atoms with van der Waals surface area (Å²) in [6.07, 6.45) is -0.453. The first-order chi connectivity index (χ1) is 25.2. The molecule has 3 heteroatoms. The summed E-state index contributed by atoms with van der Waals surface area (Å²) in [5.74, 6) is 0. The summed E-state index contributed by atoms with van der Waals surface area (Å²) in [6, 6.07) is 37.4. The minimum absolute atomic E-state index is 0.00717.